The average Bonchev–Trinajstić information content (AvgIpc) is 3.18. The van der Waals surface area contributed by atoms with Gasteiger partial charge in [-0.1, -0.05) is 11.6 Å². The molecule has 0 bridgehead atoms. The molecule has 0 aromatic heterocycles. The highest BCUT2D eigenvalue weighted by Gasteiger charge is 2.44. The first-order valence-electron chi connectivity index (χ1n) is 5.69. The number of nitrogens with one attached hydrogen (secondary N) is 1. The van der Waals surface area contributed by atoms with Crippen LogP contribution < -0.4 is 5.32 Å². The van der Waals surface area contributed by atoms with Gasteiger partial charge < -0.3 is 5.32 Å². The van der Waals surface area contributed by atoms with E-state index in [2.05, 4.69) is 11.4 Å². The van der Waals surface area contributed by atoms with E-state index in [-0.39, 0.29) is 5.54 Å². The fraction of sp³-hybridized carbons (Fsp3) is 0.462. The van der Waals surface area contributed by atoms with Crippen molar-refractivity contribution in [3.05, 3.63) is 29.3 Å². The van der Waals surface area contributed by atoms with Crippen molar-refractivity contribution < 1.29 is 0 Å². The predicted octanol–water partition coefficient (Wildman–Crippen LogP) is 3.32. The number of hydrogen-bond acceptors (Lipinski definition) is 3. The summed E-state index contributed by atoms with van der Waals surface area (Å²) in [4.78, 5) is 1.16. The smallest absolute Gasteiger partial charge is 0.118 e. The van der Waals surface area contributed by atoms with E-state index >= 15 is 0 Å². The molecular weight excluding hydrogens is 252 g/mol. The van der Waals surface area contributed by atoms with Crippen LogP contribution in [0, 0.1) is 17.2 Å². The van der Waals surface area contributed by atoms with Gasteiger partial charge in [-0.15, -0.1) is 11.8 Å². The molecular formula is C13H15ClN2S. The first-order chi connectivity index (χ1) is 8.20. The molecule has 2 nitrogen and oxygen atoms in total. The van der Waals surface area contributed by atoms with Crippen LogP contribution in [0.5, 0.6) is 0 Å². The Morgan fingerprint density at radius 3 is 2.59 bits per heavy atom. The van der Waals surface area contributed by atoms with Crippen molar-refractivity contribution in [1.82, 2.24) is 5.32 Å². The maximum Gasteiger partial charge on any atom is 0.118 e. The number of thioether (sulfide) groups is 1. The third-order valence-corrected chi connectivity index (χ3v) is 4.66. The van der Waals surface area contributed by atoms with Gasteiger partial charge in [0.15, 0.2) is 0 Å². The minimum absolute atomic E-state index is 0.371. The summed E-state index contributed by atoms with van der Waals surface area (Å²) in [6, 6.07) is 10.2. The Hall–Kier alpha value is -0.690. The molecule has 0 amide bonds. The minimum atomic E-state index is -0.371. The van der Waals surface area contributed by atoms with Crippen molar-refractivity contribution >= 4 is 23.4 Å². The van der Waals surface area contributed by atoms with Crippen molar-refractivity contribution in [2.75, 3.05) is 12.8 Å². The molecule has 0 saturated heterocycles. The lowest BCUT2D eigenvalue weighted by Crippen LogP contribution is -2.46. The molecule has 1 aromatic rings. The average molecular weight is 267 g/mol. The van der Waals surface area contributed by atoms with E-state index in [9.17, 15) is 5.26 Å². The molecule has 1 unspecified atom stereocenters. The third-order valence-electron chi connectivity index (χ3n) is 3.20. The summed E-state index contributed by atoms with van der Waals surface area (Å²) in [5.74, 6) is 1.30. The molecule has 90 valence electrons. The summed E-state index contributed by atoms with van der Waals surface area (Å²) >= 11 is 7.55. The molecule has 1 saturated carbocycles. The lowest BCUT2D eigenvalue weighted by atomic mass is 9.98. The van der Waals surface area contributed by atoms with Crippen LogP contribution in [-0.2, 0) is 0 Å². The molecule has 0 spiro atoms. The van der Waals surface area contributed by atoms with Gasteiger partial charge in [-0.2, -0.15) is 5.26 Å². The molecule has 0 heterocycles. The number of benzene rings is 1. The molecule has 1 aliphatic carbocycles. The molecule has 1 aliphatic rings. The SMILES string of the molecule is CNC(C#N)(CSc1ccc(Cl)cc1)C1CC1. The number of hydrogen-bond donors (Lipinski definition) is 1. The van der Waals surface area contributed by atoms with Crippen LogP contribution in [0.15, 0.2) is 29.2 Å². The Kier molecular flexibility index (Phi) is 3.98. The van der Waals surface area contributed by atoms with E-state index in [1.807, 2.05) is 31.3 Å². The second-order valence-electron chi connectivity index (χ2n) is 4.35. The van der Waals surface area contributed by atoms with Crippen molar-refractivity contribution in [2.24, 2.45) is 5.92 Å². The van der Waals surface area contributed by atoms with Gasteiger partial charge in [-0.05, 0) is 50.1 Å². The number of nitrogens with zero attached hydrogens (tertiary/aromatic N) is 1. The second-order valence-corrected chi connectivity index (χ2v) is 5.84. The normalized spacial score (nSPS) is 18.4. The Balaban J connectivity index is 2.00. The van der Waals surface area contributed by atoms with Crippen molar-refractivity contribution in [3.63, 3.8) is 0 Å². The van der Waals surface area contributed by atoms with E-state index in [1.54, 1.807) is 11.8 Å². The number of halogens is 1. The quantitative estimate of drug-likeness (QED) is 0.831. The highest BCUT2D eigenvalue weighted by atomic mass is 35.5. The highest BCUT2D eigenvalue weighted by Crippen LogP contribution is 2.41. The van der Waals surface area contributed by atoms with Crippen LogP contribution >= 0.6 is 23.4 Å². The van der Waals surface area contributed by atoms with E-state index < -0.39 is 0 Å². The second kappa shape index (κ2) is 5.30. The number of nitriles is 1. The molecule has 1 N–H and O–H groups in total. The fourth-order valence-corrected chi connectivity index (χ4v) is 3.17. The first kappa shape index (κ1) is 12.8. The van der Waals surface area contributed by atoms with Crippen LogP contribution in [0.3, 0.4) is 0 Å². The van der Waals surface area contributed by atoms with Gasteiger partial charge in [0.25, 0.3) is 0 Å². The molecule has 1 atom stereocenters. The predicted molar refractivity (Wildman–Crippen MR) is 72.3 cm³/mol. The largest absolute Gasteiger partial charge is 0.302 e. The Labute approximate surface area is 111 Å². The van der Waals surface area contributed by atoms with Crippen molar-refractivity contribution in [2.45, 2.75) is 23.3 Å². The summed E-state index contributed by atoms with van der Waals surface area (Å²) in [7, 11) is 1.88. The summed E-state index contributed by atoms with van der Waals surface area (Å²) in [5, 5.41) is 13.3. The zero-order valence-corrected chi connectivity index (χ0v) is 11.3. The monoisotopic (exact) mass is 266 g/mol. The van der Waals surface area contributed by atoms with Gasteiger partial charge in [0.05, 0.1) is 6.07 Å². The van der Waals surface area contributed by atoms with E-state index in [4.69, 9.17) is 11.6 Å². The van der Waals surface area contributed by atoms with E-state index in [1.165, 1.54) is 0 Å². The van der Waals surface area contributed by atoms with Gasteiger partial charge in [-0.3, -0.25) is 0 Å². The molecule has 1 aromatic carbocycles. The summed E-state index contributed by atoms with van der Waals surface area (Å²) in [5.41, 5.74) is -0.371. The van der Waals surface area contributed by atoms with Crippen LogP contribution in [0.25, 0.3) is 0 Å². The highest BCUT2D eigenvalue weighted by molar-refractivity contribution is 7.99. The number of rotatable bonds is 5. The standard InChI is InChI=1S/C13H15ClN2S/c1-16-13(8-15,10-2-3-10)9-17-12-6-4-11(14)5-7-12/h4-7,10,16H,2-3,9H2,1H3. The van der Waals surface area contributed by atoms with Crippen molar-refractivity contribution in [3.8, 4) is 6.07 Å². The lowest BCUT2D eigenvalue weighted by Gasteiger charge is -2.25. The van der Waals surface area contributed by atoms with E-state index in [0.29, 0.717) is 5.92 Å². The van der Waals surface area contributed by atoms with Gasteiger partial charge in [0, 0.05) is 15.7 Å². The molecule has 1 fully saturated rings. The summed E-state index contributed by atoms with van der Waals surface area (Å²) < 4.78 is 0. The Morgan fingerprint density at radius 2 is 2.12 bits per heavy atom. The maximum atomic E-state index is 9.36. The first-order valence-corrected chi connectivity index (χ1v) is 7.05. The Morgan fingerprint density at radius 1 is 1.47 bits per heavy atom. The van der Waals surface area contributed by atoms with Crippen LogP contribution in [0.2, 0.25) is 5.02 Å². The van der Waals surface area contributed by atoms with Crippen molar-refractivity contribution in [1.29, 1.82) is 5.26 Å². The molecule has 0 radical (unpaired) electrons. The van der Waals surface area contributed by atoms with Gasteiger partial charge in [-0.25, -0.2) is 0 Å². The third kappa shape index (κ3) is 2.95. The van der Waals surface area contributed by atoms with Gasteiger partial charge in [0.2, 0.25) is 0 Å². The molecule has 0 aliphatic heterocycles. The fourth-order valence-electron chi connectivity index (χ4n) is 1.88. The lowest BCUT2D eigenvalue weighted by molar-refractivity contribution is 0.441. The molecule has 17 heavy (non-hydrogen) atoms. The Bertz CT molecular complexity index is 422. The van der Waals surface area contributed by atoms with Crippen LogP contribution in [0.1, 0.15) is 12.8 Å². The summed E-state index contributed by atoms with van der Waals surface area (Å²) in [6.07, 6.45) is 2.32. The van der Waals surface area contributed by atoms with Crippen LogP contribution in [0.4, 0.5) is 0 Å². The van der Waals surface area contributed by atoms with E-state index in [0.717, 1.165) is 28.5 Å². The zero-order valence-electron chi connectivity index (χ0n) is 9.74. The summed E-state index contributed by atoms with van der Waals surface area (Å²) in [6.45, 7) is 0. The zero-order chi connectivity index (χ0) is 12.3. The maximum absolute atomic E-state index is 9.36. The van der Waals surface area contributed by atoms with Crippen LogP contribution in [-0.4, -0.2) is 18.3 Å². The molecule has 2 rings (SSSR count). The molecule has 4 heteroatoms. The minimum Gasteiger partial charge on any atom is -0.302 e. The van der Waals surface area contributed by atoms with Gasteiger partial charge >= 0.3 is 0 Å². The van der Waals surface area contributed by atoms with Gasteiger partial charge in [0.1, 0.15) is 5.54 Å². The topological polar surface area (TPSA) is 35.8 Å².